The number of fused-ring (bicyclic) bond motifs is 3. The van der Waals surface area contributed by atoms with Crippen LogP contribution in [0.25, 0.3) is 11.0 Å². The largest absolute Gasteiger partial charge is 0.497 e. The van der Waals surface area contributed by atoms with Gasteiger partial charge in [0.25, 0.3) is 6.01 Å². The molecule has 0 atom stereocenters. The number of hydrogen-bond acceptors (Lipinski definition) is 3. The highest BCUT2D eigenvalue weighted by molar-refractivity contribution is 5.78. The SMILES string of the molecule is COc1ccc2nc3n(c2c1)CC(C)(C)O3. The van der Waals surface area contributed by atoms with E-state index in [0.29, 0.717) is 6.01 Å². The molecule has 0 fully saturated rings. The molecule has 1 aromatic carbocycles. The zero-order valence-corrected chi connectivity index (χ0v) is 9.65. The van der Waals surface area contributed by atoms with Gasteiger partial charge >= 0.3 is 0 Å². The van der Waals surface area contributed by atoms with Gasteiger partial charge in [-0.25, -0.2) is 0 Å². The van der Waals surface area contributed by atoms with Crippen LogP contribution in [0.1, 0.15) is 13.8 Å². The molecule has 0 N–H and O–H groups in total. The van der Waals surface area contributed by atoms with Crippen molar-refractivity contribution >= 4 is 11.0 Å². The molecule has 0 spiro atoms. The second kappa shape index (κ2) is 2.90. The summed E-state index contributed by atoms with van der Waals surface area (Å²) in [6.45, 7) is 4.95. The van der Waals surface area contributed by atoms with Crippen LogP contribution in [0.4, 0.5) is 0 Å². The molecule has 0 bridgehead atoms. The van der Waals surface area contributed by atoms with E-state index in [2.05, 4.69) is 23.4 Å². The lowest BCUT2D eigenvalue weighted by molar-refractivity contribution is 0.131. The third-order valence-electron chi connectivity index (χ3n) is 2.83. The summed E-state index contributed by atoms with van der Waals surface area (Å²) in [4.78, 5) is 4.45. The summed E-state index contributed by atoms with van der Waals surface area (Å²) in [5, 5.41) is 0. The van der Waals surface area contributed by atoms with Crippen molar-refractivity contribution < 1.29 is 9.47 Å². The Labute approximate surface area is 93.8 Å². The minimum absolute atomic E-state index is 0.167. The van der Waals surface area contributed by atoms with Gasteiger partial charge in [-0.2, -0.15) is 4.98 Å². The summed E-state index contributed by atoms with van der Waals surface area (Å²) in [5.74, 6) is 0.847. The van der Waals surface area contributed by atoms with Crippen molar-refractivity contribution in [2.45, 2.75) is 26.0 Å². The van der Waals surface area contributed by atoms with E-state index >= 15 is 0 Å². The highest BCUT2D eigenvalue weighted by Crippen LogP contribution is 2.33. The highest BCUT2D eigenvalue weighted by atomic mass is 16.5. The number of ether oxygens (including phenoxy) is 2. The molecule has 0 unspecified atom stereocenters. The first-order chi connectivity index (χ1) is 7.59. The molecule has 0 saturated carbocycles. The van der Waals surface area contributed by atoms with Crippen molar-refractivity contribution in [2.24, 2.45) is 0 Å². The van der Waals surface area contributed by atoms with E-state index in [-0.39, 0.29) is 5.60 Å². The smallest absolute Gasteiger partial charge is 0.298 e. The lowest BCUT2D eigenvalue weighted by Gasteiger charge is -2.15. The molecule has 2 heterocycles. The molecule has 3 rings (SSSR count). The number of benzene rings is 1. The predicted octanol–water partition coefficient (Wildman–Crippen LogP) is 2.22. The fraction of sp³-hybridized carbons (Fsp3) is 0.417. The molecular formula is C12H14N2O2. The average Bonchev–Trinajstić information content (AvgIpc) is 2.69. The first kappa shape index (κ1) is 9.51. The summed E-state index contributed by atoms with van der Waals surface area (Å²) in [7, 11) is 1.67. The van der Waals surface area contributed by atoms with E-state index < -0.39 is 0 Å². The molecule has 0 saturated heterocycles. The lowest BCUT2D eigenvalue weighted by Crippen LogP contribution is -2.26. The van der Waals surface area contributed by atoms with Crippen molar-refractivity contribution in [3.63, 3.8) is 0 Å². The van der Waals surface area contributed by atoms with Gasteiger partial charge in [-0.1, -0.05) is 0 Å². The minimum Gasteiger partial charge on any atom is -0.497 e. The standard InChI is InChI=1S/C12H14N2O2/c1-12(2)7-14-10-6-8(15-3)4-5-9(10)13-11(14)16-12/h4-6H,7H2,1-3H3. The minimum atomic E-state index is -0.167. The molecular weight excluding hydrogens is 204 g/mol. The van der Waals surface area contributed by atoms with Crippen LogP contribution in [-0.4, -0.2) is 22.3 Å². The topological polar surface area (TPSA) is 36.3 Å². The molecule has 16 heavy (non-hydrogen) atoms. The molecule has 2 aromatic rings. The molecule has 0 amide bonds. The van der Waals surface area contributed by atoms with Gasteiger partial charge in [0.1, 0.15) is 11.4 Å². The van der Waals surface area contributed by atoms with Gasteiger partial charge in [-0.3, -0.25) is 4.57 Å². The summed E-state index contributed by atoms with van der Waals surface area (Å²) < 4.78 is 13.1. The Kier molecular flexibility index (Phi) is 1.73. The maximum absolute atomic E-state index is 5.76. The van der Waals surface area contributed by atoms with Crippen LogP contribution in [0.2, 0.25) is 0 Å². The Balaban J connectivity index is 2.19. The van der Waals surface area contributed by atoms with Crippen molar-refractivity contribution in [3.8, 4) is 11.8 Å². The number of hydrogen-bond donors (Lipinski definition) is 0. The molecule has 1 aliphatic rings. The van der Waals surface area contributed by atoms with Crippen LogP contribution >= 0.6 is 0 Å². The molecule has 1 aliphatic heterocycles. The monoisotopic (exact) mass is 218 g/mol. The van der Waals surface area contributed by atoms with E-state index in [1.54, 1.807) is 7.11 Å². The van der Waals surface area contributed by atoms with Gasteiger partial charge in [0, 0.05) is 6.07 Å². The number of nitrogens with zero attached hydrogens (tertiary/aromatic N) is 2. The quantitative estimate of drug-likeness (QED) is 0.736. The Bertz CT molecular complexity index is 557. The van der Waals surface area contributed by atoms with Gasteiger partial charge in [-0.05, 0) is 26.0 Å². The Morgan fingerprint density at radius 3 is 3.00 bits per heavy atom. The summed E-state index contributed by atoms with van der Waals surface area (Å²) in [5.41, 5.74) is 1.85. The third-order valence-corrected chi connectivity index (χ3v) is 2.83. The van der Waals surface area contributed by atoms with Crippen molar-refractivity contribution in [1.29, 1.82) is 0 Å². The van der Waals surface area contributed by atoms with Crippen molar-refractivity contribution in [3.05, 3.63) is 18.2 Å². The van der Waals surface area contributed by atoms with Crippen LogP contribution in [0.5, 0.6) is 11.8 Å². The predicted molar refractivity (Wildman–Crippen MR) is 61.0 cm³/mol. The molecule has 4 heteroatoms. The van der Waals surface area contributed by atoms with E-state index in [1.807, 2.05) is 18.2 Å². The van der Waals surface area contributed by atoms with E-state index in [9.17, 15) is 0 Å². The van der Waals surface area contributed by atoms with E-state index in [4.69, 9.17) is 9.47 Å². The van der Waals surface area contributed by atoms with Gasteiger partial charge in [0.05, 0.1) is 24.7 Å². The molecule has 4 nitrogen and oxygen atoms in total. The highest BCUT2D eigenvalue weighted by Gasteiger charge is 2.32. The molecule has 1 aromatic heterocycles. The van der Waals surface area contributed by atoms with Gasteiger partial charge in [-0.15, -0.1) is 0 Å². The normalized spacial score (nSPS) is 17.2. The van der Waals surface area contributed by atoms with Gasteiger partial charge in [0.2, 0.25) is 0 Å². The van der Waals surface area contributed by atoms with E-state index in [0.717, 1.165) is 23.3 Å². The second-order valence-corrected chi connectivity index (χ2v) is 4.70. The zero-order valence-electron chi connectivity index (χ0n) is 9.65. The van der Waals surface area contributed by atoms with Crippen LogP contribution in [-0.2, 0) is 6.54 Å². The molecule has 84 valence electrons. The molecule has 0 aliphatic carbocycles. The van der Waals surface area contributed by atoms with Crippen LogP contribution in [0, 0.1) is 0 Å². The number of aromatic nitrogens is 2. The Morgan fingerprint density at radius 1 is 1.44 bits per heavy atom. The third kappa shape index (κ3) is 1.26. The van der Waals surface area contributed by atoms with Crippen molar-refractivity contribution in [2.75, 3.05) is 7.11 Å². The number of methoxy groups -OCH3 is 1. The maximum atomic E-state index is 5.76. The number of imidazole rings is 1. The zero-order chi connectivity index (χ0) is 11.3. The fourth-order valence-electron chi connectivity index (χ4n) is 2.10. The fourth-order valence-corrected chi connectivity index (χ4v) is 2.10. The summed E-state index contributed by atoms with van der Waals surface area (Å²) in [6.07, 6.45) is 0. The Morgan fingerprint density at radius 2 is 2.25 bits per heavy atom. The summed E-state index contributed by atoms with van der Waals surface area (Å²) in [6, 6.07) is 6.57. The van der Waals surface area contributed by atoms with Crippen LogP contribution in [0.3, 0.4) is 0 Å². The first-order valence-electron chi connectivity index (χ1n) is 5.32. The van der Waals surface area contributed by atoms with Gasteiger partial charge in [0.15, 0.2) is 0 Å². The van der Waals surface area contributed by atoms with Crippen LogP contribution in [0.15, 0.2) is 18.2 Å². The van der Waals surface area contributed by atoms with Gasteiger partial charge < -0.3 is 9.47 Å². The van der Waals surface area contributed by atoms with Crippen molar-refractivity contribution in [1.82, 2.24) is 9.55 Å². The summed E-state index contributed by atoms with van der Waals surface area (Å²) >= 11 is 0. The van der Waals surface area contributed by atoms with E-state index in [1.165, 1.54) is 0 Å². The second-order valence-electron chi connectivity index (χ2n) is 4.70. The van der Waals surface area contributed by atoms with Crippen LogP contribution < -0.4 is 9.47 Å². The maximum Gasteiger partial charge on any atom is 0.298 e. The first-order valence-corrected chi connectivity index (χ1v) is 5.32. The number of rotatable bonds is 1. The molecule has 0 radical (unpaired) electrons. The Hall–Kier alpha value is -1.71. The lowest BCUT2D eigenvalue weighted by atomic mass is 10.1. The average molecular weight is 218 g/mol.